The minimum atomic E-state index is 0.640. The van der Waals surface area contributed by atoms with Crippen molar-refractivity contribution in [3.8, 4) is 0 Å². The number of aromatic nitrogens is 2. The van der Waals surface area contributed by atoms with Crippen LogP contribution in [0.5, 0.6) is 0 Å². The maximum absolute atomic E-state index is 5.82. The summed E-state index contributed by atoms with van der Waals surface area (Å²) in [6.07, 6.45) is 3.01. The van der Waals surface area contributed by atoms with Gasteiger partial charge in [-0.05, 0) is 43.1 Å². The molecule has 0 bridgehead atoms. The molecule has 0 saturated carbocycles. The summed E-state index contributed by atoms with van der Waals surface area (Å²) in [6.45, 7) is 3.90. The van der Waals surface area contributed by atoms with Gasteiger partial charge < -0.3 is 9.73 Å². The molecule has 3 aromatic rings. The predicted molar refractivity (Wildman–Crippen MR) is 90.1 cm³/mol. The lowest BCUT2D eigenvalue weighted by atomic mass is 10.1. The third-order valence-corrected chi connectivity index (χ3v) is 4.30. The van der Waals surface area contributed by atoms with Gasteiger partial charge in [-0.1, -0.05) is 18.2 Å². The van der Waals surface area contributed by atoms with E-state index in [-0.39, 0.29) is 0 Å². The first-order chi connectivity index (χ1) is 11.4. The smallest absolute Gasteiger partial charge is 0.209 e. The van der Waals surface area contributed by atoms with Crippen molar-refractivity contribution in [2.45, 2.75) is 13.0 Å². The maximum Gasteiger partial charge on any atom is 0.209 e. The second kappa shape index (κ2) is 6.38. The van der Waals surface area contributed by atoms with Crippen LogP contribution in [0.2, 0.25) is 0 Å². The molecule has 0 radical (unpaired) electrons. The number of hydrogen-bond donors (Lipinski definition) is 1. The first kappa shape index (κ1) is 14.2. The zero-order valence-electron chi connectivity index (χ0n) is 13.0. The van der Waals surface area contributed by atoms with Gasteiger partial charge in [-0.25, -0.2) is 9.97 Å². The molecular formula is C18H20N4O. The van der Waals surface area contributed by atoms with Crippen LogP contribution in [0, 0.1) is 5.92 Å². The summed E-state index contributed by atoms with van der Waals surface area (Å²) >= 11 is 0. The molecule has 0 aliphatic carbocycles. The van der Waals surface area contributed by atoms with Gasteiger partial charge in [0.15, 0.2) is 5.58 Å². The van der Waals surface area contributed by atoms with Crippen molar-refractivity contribution in [3.63, 3.8) is 0 Å². The minimum Gasteiger partial charge on any atom is -0.439 e. The molecule has 0 unspecified atom stereocenters. The van der Waals surface area contributed by atoms with Gasteiger partial charge in [-0.2, -0.15) is 0 Å². The minimum absolute atomic E-state index is 0.640. The lowest BCUT2D eigenvalue weighted by Gasteiger charge is -2.14. The number of likely N-dealkylation sites (tertiary alicyclic amines) is 1. The van der Waals surface area contributed by atoms with Gasteiger partial charge in [0.1, 0.15) is 11.3 Å². The van der Waals surface area contributed by atoms with Crippen LogP contribution >= 0.6 is 0 Å². The van der Waals surface area contributed by atoms with Crippen LogP contribution in [0.4, 0.5) is 5.82 Å². The Morgan fingerprint density at radius 1 is 1.17 bits per heavy atom. The van der Waals surface area contributed by atoms with Crippen LogP contribution in [-0.2, 0) is 6.54 Å². The van der Waals surface area contributed by atoms with Gasteiger partial charge in [0, 0.05) is 19.3 Å². The summed E-state index contributed by atoms with van der Waals surface area (Å²) in [6, 6.07) is 13.9. The van der Waals surface area contributed by atoms with E-state index in [1.807, 2.05) is 48.7 Å². The molecule has 5 nitrogen and oxygen atoms in total. The summed E-state index contributed by atoms with van der Waals surface area (Å²) in [5.74, 6) is 2.40. The average Bonchev–Trinajstić information content (AvgIpc) is 3.20. The molecule has 23 heavy (non-hydrogen) atoms. The number of nitrogens with zero attached hydrogens (tertiary/aromatic N) is 3. The Morgan fingerprint density at radius 2 is 2.09 bits per heavy atom. The molecule has 4 rings (SSSR count). The van der Waals surface area contributed by atoms with Crippen molar-refractivity contribution in [2.75, 3.05) is 25.0 Å². The maximum atomic E-state index is 5.82. The Kier molecular flexibility index (Phi) is 3.94. The molecule has 1 atom stereocenters. The highest BCUT2D eigenvalue weighted by Crippen LogP contribution is 2.21. The molecular weight excluding hydrogens is 288 g/mol. The van der Waals surface area contributed by atoms with Gasteiger partial charge in [-0.15, -0.1) is 0 Å². The van der Waals surface area contributed by atoms with E-state index in [2.05, 4.69) is 20.2 Å². The largest absolute Gasteiger partial charge is 0.439 e. The van der Waals surface area contributed by atoms with Crippen molar-refractivity contribution < 1.29 is 4.42 Å². The predicted octanol–water partition coefficient (Wildman–Crippen LogP) is 3.16. The van der Waals surface area contributed by atoms with Crippen molar-refractivity contribution in [3.05, 3.63) is 54.6 Å². The van der Waals surface area contributed by atoms with Gasteiger partial charge in [0.05, 0.1) is 6.54 Å². The number of rotatable bonds is 5. The number of benzene rings is 1. The lowest BCUT2D eigenvalue weighted by Crippen LogP contribution is -2.23. The van der Waals surface area contributed by atoms with Crippen LogP contribution in [0.15, 0.2) is 53.1 Å². The second-order valence-corrected chi connectivity index (χ2v) is 6.06. The molecule has 5 heteroatoms. The summed E-state index contributed by atoms with van der Waals surface area (Å²) in [5, 5.41) is 3.42. The van der Waals surface area contributed by atoms with Crippen LogP contribution in [0.3, 0.4) is 0 Å². The fourth-order valence-electron chi connectivity index (χ4n) is 3.12. The summed E-state index contributed by atoms with van der Waals surface area (Å²) in [4.78, 5) is 11.3. The Labute approximate surface area is 135 Å². The molecule has 118 valence electrons. The number of pyridine rings is 1. The molecule has 3 heterocycles. The number of oxazole rings is 1. The number of anilines is 1. The Morgan fingerprint density at radius 3 is 2.96 bits per heavy atom. The van der Waals surface area contributed by atoms with Gasteiger partial charge in [0.2, 0.25) is 5.89 Å². The van der Waals surface area contributed by atoms with Crippen LogP contribution in [-0.4, -0.2) is 34.5 Å². The zero-order valence-corrected chi connectivity index (χ0v) is 13.0. The third kappa shape index (κ3) is 3.35. The summed E-state index contributed by atoms with van der Waals surface area (Å²) in [5.41, 5.74) is 1.81. The first-order valence-electron chi connectivity index (χ1n) is 8.08. The van der Waals surface area contributed by atoms with Crippen molar-refractivity contribution >= 4 is 16.9 Å². The average molecular weight is 308 g/mol. The van der Waals surface area contributed by atoms with E-state index >= 15 is 0 Å². The van der Waals surface area contributed by atoms with E-state index in [1.165, 1.54) is 6.42 Å². The third-order valence-electron chi connectivity index (χ3n) is 4.30. The molecule has 1 saturated heterocycles. The highest BCUT2D eigenvalue weighted by atomic mass is 16.3. The normalized spacial score (nSPS) is 18.5. The molecule has 1 N–H and O–H groups in total. The molecule has 1 aliphatic heterocycles. The van der Waals surface area contributed by atoms with E-state index in [1.54, 1.807) is 0 Å². The fourth-order valence-corrected chi connectivity index (χ4v) is 3.12. The topological polar surface area (TPSA) is 54.2 Å². The van der Waals surface area contributed by atoms with E-state index in [4.69, 9.17) is 4.42 Å². The van der Waals surface area contributed by atoms with Gasteiger partial charge in [-0.3, -0.25) is 4.90 Å². The van der Waals surface area contributed by atoms with E-state index < -0.39 is 0 Å². The molecule has 2 aromatic heterocycles. The molecule has 1 fully saturated rings. The van der Waals surface area contributed by atoms with E-state index in [0.717, 1.165) is 49.0 Å². The highest BCUT2D eigenvalue weighted by Gasteiger charge is 2.23. The quantitative estimate of drug-likeness (QED) is 0.784. The molecule has 1 aliphatic rings. The monoisotopic (exact) mass is 308 g/mol. The first-order valence-corrected chi connectivity index (χ1v) is 8.08. The van der Waals surface area contributed by atoms with Crippen LogP contribution < -0.4 is 5.32 Å². The summed E-state index contributed by atoms with van der Waals surface area (Å²) < 4.78 is 5.82. The van der Waals surface area contributed by atoms with Gasteiger partial charge in [0.25, 0.3) is 0 Å². The summed E-state index contributed by atoms with van der Waals surface area (Å²) in [7, 11) is 0. The number of nitrogens with one attached hydrogen (secondary N) is 1. The number of fused-ring (bicyclic) bond motifs is 1. The standard InChI is InChI=1S/C18H20N4O/c1-2-6-16-15(5-1)21-18(23-16)13-22-10-8-14(12-22)11-20-17-7-3-4-9-19-17/h1-7,9,14H,8,10-13H2,(H,19,20)/t14-/m0/s1. The van der Waals surface area contributed by atoms with Crippen LogP contribution in [0.1, 0.15) is 12.3 Å². The molecule has 0 spiro atoms. The highest BCUT2D eigenvalue weighted by molar-refractivity contribution is 5.72. The zero-order chi connectivity index (χ0) is 15.5. The molecule has 1 aromatic carbocycles. The Balaban J connectivity index is 1.31. The number of para-hydroxylation sites is 2. The van der Waals surface area contributed by atoms with E-state index in [0.29, 0.717) is 5.92 Å². The fraction of sp³-hybridized carbons (Fsp3) is 0.333. The van der Waals surface area contributed by atoms with Gasteiger partial charge >= 0.3 is 0 Å². The Bertz CT molecular complexity index is 738. The van der Waals surface area contributed by atoms with Crippen molar-refractivity contribution in [1.82, 2.24) is 14.9 Å². The number of hydrogen-bond acceptors (Lipinski definition) is 5. The lowest BCUT2D eigenvalue weighted by molar-refractivity contribution is 0.286. The SMILES string of the molecule is c1ccc(NC[C@@H]2CCN(Cc3nc4ccccc4o3)C2)nc1. The van der Waals surface area contributed by atoms with Crippen molar-refractivity contribution in [1.29, 1.82) is 0 Å². The van der Waals surface area contributed by atoms with E-state index in [9.17, 15) is 0 Å². The van der Waals surface area contributed by atoms with Crippen LogP contribution in [0.25, 0.3) is 11.1 Å². The second-order valence-electron chi connectivity index (χ2n) is 6.06. The van der Waals surface area contributed by atoms with Crippen molar-refractivity contribution in [2.24, 2.45) is 5.92 Å². The molecule has 0 amide bonds. The Hall–Kier alpha value is -2.40.